The molecule has 0 aromatic heterocycles. The van der Waals surface area contributed by atoms with E-state index in [1.165, 1.54) is 5.56 Å². The number of halogens is 1. The van der Waals surface area contributed by atoms with Crippen LogP contribution in [-0.2, 0) is 4.74 Å². The highest BCUT2D eigenvalue weighted by atomic mass is 35.5. The Bertz CT molecular complexity index is 376. The Hall–Kier alpha value is -0.730. The van der Waals surface area contributed by atoms with Crippen molar-refractivity contribution in [2.24, 2.45) is 0 Å². The predicted octanol–water partition coefficient (Wildman–Crippen LogP) is 3.20. The van der Waals surface area contributed by atoms with Crippen LogP contribution in [0.4, 0.5) is 5.69 Å². The second-order valence-electron chi connectivity index (χ2n) is 4.75. The van der Waals surface area contributed by atoms with Crippen LogP contribution in [0, 0.1) is 0 Å². The lowest BCUT2D eigenvalue weighted by molar-refractivity contribution is 0.0361. The molecule has 0 bridgehead atoms. The lowest BCUT2D eigenvalue weighted by Crippen LogP contribution is -2.16. The van der Waals surface area contributed by atoms with Gasteiger partial charge in [-0.1, -0.05) is 17.7 Å². The van der Waals surface area contributed by atoms with Gasteiger partial charge in [0.15, 0.2) is 0 Å². The first kappa shape index (κ1) is 10.8. The number of rotatable bonds is 1. The van der Waals surface area contributed by atoms with Gasteiger partial charge < -0.3 is 10.5 Å². The largest absolute Gasteiger partial charge is 0.398 e. The van der Waals surface area contributed by atoms with Gasteiger partial charge in [0, 0.05) is 5.92 Å². The average molecular weight is 226 g/mol. The van der Waals surface area contributed by atoms with Crippen molar-refractivity contribution in [3.63, 3.8) is 0 Å². The zero-order valence-corrected chi connectivity index (χ0v) is 9.84. The van der Waals surface area contributed by atoms with Crippen LogP contribution in [0.15, 0.2) is 18.2 Å². The Morgan fingerprint density at radius 3 is 2.73 bits per heavy atom. The Morgan fingerprint density at radius 1 is 1.47 bits per heavy atom. The smallest absolute Gasteiger partial charge is 0.0635 e. The molecule has 1 aromatic rings. The Kier molecular flexibility index (Phi) is 2.65. The summed E-state index contributed by atoms with van der Waals surface area (Å²) in [5, 5.41) is 0.622. The summed E-state index contributed by atoms with van der Waals surface area (Å²) in [5.41, 5.74) is 7.64. The van der Waals surface area contributed by atoms with E-state index in [0.717, 1.165) is 13.0 Å². The molecule has 1 aromatic carbocycles. The van der Waals surface area contributed by atoms with Crippen molar-refractivity contribution < 1.29 is 4.74 Å². The Labute approximate surface area is 95.4 Å². The number of nitrogen functional groups attached to an aromatic ring is 1. The predicted molar refractivity (Wildman–Crippen MR) is 63.3 cm³/mol. The molecular formula is C12H16ClNO. The third kappa shape index (κ3) is 2.27. The molecule has 2 nitrogen and oxygen atoms in total. The van der Waals surface area contributed by atoms with Crippen molar-refractivity contribution >= 4 is 17.3 Å². The first-order chi connectivity index (χ1) is 6.98. The molecule has 1 saturated heterocycles. The maximum atomic E-state index is 5.89. The van der Waals surface area contributed by atoms with Gasteiger partial charge >= 0.3 is 0 Å². The molecule has 2 rings (SSSR count). The van der Waals surface area contributed by atoms with Gasteiger partial charge in [-0.15, -0.1) is 0 Å². The minimum atomic E-state index is -0.0148. The third-order valence-corrected chi connectivity index (χ3v) is 3.25. The summed E-state index contributed by atoms with van der Waals surface area (Å²) in [5.74, 6) is 0.444. The molecule has 1 fully saturated rings. The number of nitrogens with two attached hydrogens (primary N) is 1. The maximum absolute atomic E-state index is 5.89. The lowest BCUT2D eigenvalue weighted by Gasteiger charge is -2.16. The van der Waals surface area contributed by atoms with Crippen LogP contribution in [-0.4, -0.2) is 12.2 Å². The standard InChI is InChI=1S/C12H16ClNO/c1-12(2)6-9(7-15-12)8-3-4-10(13)11(14)5-8/h3-5,9H,6-7,14H2,1-2H3/t9-/m1/s1. The Balaban J connectivity index is 2.21. The van der Waals surface area contributed by atoms with Crippen molar-refractivity contribution in [2.45, 2.75) is 31.8 Å². The molecule has 1 aliphatic heterocycles. The molecule has 0 aliphatic carbocycles. The second kappa shape index (κ2) is 3.69. The van der Waals surface area contributed by atoms with E-state index >= 15 is 0 Å². The van der Waals surface area contributed by atoms with Crippen molar-refractivity contribution in [1.82, 2.24) is 0 Å². The summed E-state index contributed by atoms with van der Waals surface area (Å²) in [7, 11) is 0. The number of hydrogen-bond acceptors (Lipinski definition) is 2. The number of anilines is 1. The van der Waals surface area contributed by atoms with Gasteiger partial charge in [-0.05, 0) is 38.0 Å². The number of hydrogen-bond donors (Lipinski definition) is 1. The molecule has 0 unspecified atom stereocenters. The monoisotopic (exact) mass is 225 g/mol. The van der Waals surface area contributed by atoms with Crippen LogP contribution in [0.3, 0.4) is 0 Å². The third-order valence-electron chi connectivity index (χ3n) is 2.90. The van der Waals surface area contributed by atoms with E-state index in [-0.39, 0.29) is 5.60 Å². The minimum Gasteiger partial charge on any atom is -0.398 e. The summed E-state index contributed by atoms with van der Waals surface area (Å²) in [6.07, 6.45) is 1.04. The second-order valence-corrected chi connectivity index (χ2v) is 5.16. The van der Waals surface area contributed by atoms with E-state index in [9.17, 15) is 0 Å². The quantitative estimate of drug-likeness (QED) is 0.745. The van der Waals surface area contributed by atoms with Crippen LogP contribution in [0.25, 0.3) is 0 Å². The highest BCUT2D eigenvalue weighted by molar-refractivity contribution is 6.33. The van der Waals surface area contributed by atoms with E-state index in [1.807, 2.05) is 18.2 Å². The number of benzene rings is 1. The molecule has 0 spiro atoms. The topological polar surface area (TPSA) is 35.2 Å². The van der Waals surface area contributed by atoms with Crippen LogP contribution >= 0.6 is 11.6 Å². The fourth-order valence-corrected chi connectivity index (χ4v) is 2.19. The molecule has 0 saturated carbocycles. The summed E-state index contributed by atoms with van der Waals surface area (Å²) in [6.45, 7) is 5.01. The molecule has 1 heterocycles. The first-order valence-electron chi connectivity index (χ1n) is 5.17. The molecular weight excluding hydrogens is 210 g/mol. The minimum absolute atomic E-state index is 0.0148. The zero-order valence-electron chi connectivity index (χ0n) is 9.09. The number of ether oxygens (including phenoxy) is 1. The molecule has 82 valence electrons. The fourth-order valence-electron chi connectivity index (χ4n) is 2.07. The van der Waals surface area contributed by atoms with Gasteiger partial charge in [0.25, 0.3) is 0 Å². The van der Waals surface area contributed by atoms with E-state index < -0.39 is 0 Å². The van der Waals surface area contributed by atoms with Gasteiger partial charge in [-0.3, -0.25) is 0 Å². The van der Waals surface area contributed by atoms with Gasteiger partial charge in [0.1, 0.15) is 0 Å². The summed E-state index contributed by atoms with van der Waals surface area (Å²) in [6, 6.07) is 5.85. The molecule has 1 aliphatic rings. The van der Waals surface area contributed by atoms with E-state index in [2.05, 4.69) is 13.8 Å². The SMILES string of the molecule is CC1(C)C[C@@H](c2ccc(Cl)c(N)c2)CO1. The van der Waals surface area contributed by atoms with Crippen molar-refractivity contribution in [3.8, 4) is 0 Å². The molecule has 2 N–H and O–H groups in total. The van der Waals surface area contributed by atoms with Crippen molar-refractivity contribution in [1.29, 1.82) is 0 Å². The highest BCUT2D eigenvalue weighted by Crippen LogP contribution is 2.37. The first-order valence-corrected chi connectivity index (χ1v) is 5.55. The molecule has 15 heavy (non-hydrogen) atoms. The summed E-state index contributed by atoms with van der Waals surface area (Å²) in [4.78, 5) is 0. The molecule has 3 heteroatoms. The maximum Gasteiger partial charge on any atom is 0.0635 e. The average Bonchev–Trinajstić information content (AvgIpc) is 2.51. The lowest BCUT2D eigenvalue weighted by atomic mass is 9.91. The normalized spacial score (nSPS) is 24.3. The summed E-state index contributed by atoms with van der Waals surface area (Å²) < 4.78 is 5.70. The van der Waals surface area contributed by atoms with Gasteiger partial charge in [-0.25, -0.2) is 0 Å². The van der Waals surface area contributed by atoms with Crippen LogP contribution < -0.4 is 5.73 Å². The van der Waals surface area contributed by atoms with Crippen LogP contribution in [0.2, 0.25) is 5.02 Å². The van der Waals surface area contributed by atoms with Crippen LogP contribution in [0.1, 0.15) is 31.7 Å². The molecule has 0 amide bonds. The van der Waals surface area contributed by atoms with Gasteiger partial charge in [0.05, 0.1) is 22.9 Å². The highest BCUT2D eigenvalue weighted by Gasteiger charge is 2.32. The molecule has 1 atom stereocenters. The van der Waals surface area contributed by atoms with Gasteiger partial charge in [-0.2, -0.15) is 0 Å². The van der Waals surface area contributed by atoms with E-state index in [0.29, 0.717) is 16.6 Å². The van der Waals surface area contributed by atoms with Crippen molar-refractivity contribution in [3.05, 3.63) is 28.8 Å². The fraction of sp³-hybridized carbons (Fsp3) is 0.500. The Morgan fingerprint density at radius 2 is 2.20 bits per heavy atom. The van der Waals surface area contributed by atoms with E-state index in [4.69, 9.17) is 22.1 Å². The van der Waals surface area contributed by atoms with Gasteiger partial charge in [0.2, 0.25) is 0 Å². The van der Waals surface area contributed by atoms with Crippen molar-refractivity contribution in [2.75, 3.05) is 12.3 Å². The zero-order chi connectivity index (χ0) is 11.1. The van der Waals surface area contributed by atoms with Crippen LogP contribution in [0.5, 0.6) is 0 Å². The molecule has 0 radical (unpaired) electrons. The summed E-state index contributed by atoms with van der Waals surface area (Å²) >= 11 is 5.89. The van der Waals surface area contributed by atoms with E-state index in [1.54, 1.807) is 0 Å².